The van der Waals surface area contributed by atoms with Gasteiger partial charge in [0.2, 0.25) is 0 Å². The van der Waals surface area contributed by atoms with E-state index in [4.69, 9.17) is 0 Å². The lowest BCUT2D eigenvalue weighted by atomic mass is 9.98. The van der Waals surface area contributed by atoms with Crippen molar-refractivity contribution in [2.75, 3.05) is 0 Å². The molecule has 0 radical (unpaired) electrons. The van der Waals surface area contributed by atoms with E-state index in [1.54, 1.807) is 0 Å². The molecule has 16 heteroatoms. The zero-order valence-electron chi connectivity index (χ0n) is 10.9. The number of hydrogen-bond acceptors (Lipinski definition) is 2. The zero-order chi connectivity index (χ0) is 20.2. The van der Waals surface area contributed by atoms with E-state index in [-0.39, 0.29) is 10.6 Å². The second-order valence-electron chi connectivity index (χ2n) is 4.40. The number of rotatable bonds is 0. The first-order valence-electron chi connectivity index (χ1n) is 5.43. The fourth-order valence-electron chi connectivity index (χ4n) is 1.72. The summed E-state index contributed by atoms with van der Waals surface area (Å²) < 4.78 is 150. The van der Waals surface area contributed by atoms with E-state index < -0.39 is 53.3 Å². The van der Waals surface area contributed by atoms with Crippen LogP contribution in [0.3, 0.4) is 0 Å². The second-order valence-corrected chi connectivity index (χ2v) is 4.40. The first-order chi connectivity index (χ1) is 10.8. The van der Waals surface area contributed by atoms with Gasteiger partial charge in [-0.15, -0.1) is 0 Å². The minimum absolute atomic E-state index is 0.0638. The quantitative estimate of drug-likeness (QED) is 0.374. The van der Waals surface area contributed by atoms with Crippen molar-refractivity contribution in [2.24, 2.45) is 0 Å². The fraction of sp³-hybridized carbons (Fsp3) is 0.556. The van der Waals surface area contributed by atoms with E-state index in [0.29, 0.717) is 0 Å². The van der Waals surface area contributed by atoms with Gasteiger partial charge in [-0.25, -0.2) is 0 Å². The highest BCUT2D eigenvalue weighted by atomic mass is 19.4. The molecule has 2 N–H and O–H groups in total. The third-order valence-corrected chi connectivity index (χ3v) is 2.72. The first-order valence-corrected chi connectivity index (χ1v) is 5.43. The summed E-state index contributed by atoms with van der Waals surface area (Å²) in [5.41, 5.74) is -12.4. The van der Waals surface area contributed by atoms with Gasteiger partial charge in [-0.05, 0) is 0 Å². The Hall–Kier alpha value is -2.16. The monoisotopic (exact) mass is 398 g/mol. The van der Waals surface area contributed by atoms with Crippen LogP contribution in [0, 0.1) is 0 Å². The van der Waals surface area contributed by atoms with Gasteiger partial charge in [0.1, 0.15) is 5.57 Å². The highest BCUT2D eigenvalue weighted by Crippen LogP contribution is 2.45. The maximum Gasteiger partial charge on any atom is 0.439 e. The van der Waals surface area contributed by atoms with Crippen molar-refractivity contribution in [3.05, 3.63) is 11.1 Å². The number of hydrogen-bond donors (Lipinski definition) is 2. The predicted octanol–water partition coefficient (Wildman–Crippen LogP) is 2.47. The molecule has 0 aliphatic carbocycles. The molecule has 4 nitrogen and oxygen atoms in total. The highest BCUT2D eigenvalue weighted by molar-refractivity contribution is 6.21. The van der Waals surface area contributed by atoms with Crippen LogP contribution in [0.25, 0.3) is 0 Å². The van der Waals surface area contributed by atoms with Gasteiger partial charge in [-0.2, -0.15) is 52.7 Å². The molecule has 1 rings (SSSR count). The number of halogens is 12. The Morgan fingerprint density at radius 1 is 0.640 bits per heavy atom. The summed E-state index contributed by atoms with van der Waals surface area (Å²) in [5.74, 6) is -6.30. The summed E-state index contributed by atoms with van der Waals surface area (Å²) in [7, 11) is 0. The van der Waals surface area contributed by atoms with Crippen molar-refractivity contribution in [3.8, 4) is 0 Å². The summed E-state index contributed by atoms with van der Waals surface area (Å²) >= 11 is 0. The van der Waals surface area contributed by atoms with Crippen LogP contribution in [0.15, 0.2) is 11.1 Å². The molecular formula is C9H2F12N2O2. The number of alkyl halides is 12. The third-order valence-electron chi connectivity index (χ3n) is 2.72. The molecule has 0 saturated carbocycles. The molecule has 0 aromatic rings. The van der Waals surface area contributed by atoms with E-state index in [9.17, 15) is 62.3 Å². The van der Waals surface area contributed by atoms with Crippen LogP contribution < -0.4 is 10.6 Å². The maximum absolute atomic E-state index is 12.6. The van der Waals surface area contributed by atoms with Gasteiger partial charge in [0.15, 0.2) is 5.57 Å². The molecule has 0 spiro atoms. The summed E-state index contributed by atoms with van der Waals surface area (Å²) in [4.78, 5) is 22.4. The number of carbonyl (C=O) groups excluding carboxylic acids is 2. The van der Waals surface area contributed by atoms with E-state index in [0.717, 1.165) is 0 Å². The third kappa shape index (κ3) is 3.46. The predicted molar refractivity (Wildman–Crippen MR) is 50.3 cm³/mol. The zero-order valence-corrected chi connectivity index (χ0v) is 10.9. The Balaban J connectivity index is 3.68. The molecule has 0 bridgehead atoms. The lowest BCUT2D eigenvalue weighted by molar-refractivity contribution is -0.314. The van der Waals surface area contributed by atoms with E-state index in [1.165, 1.54) is 0 Å². The maximum atomic E-state index is 12.6. The molecule has 1 aliphatic heterocycles. The summed E-state index contributed by atoms with van der Waals surface area (Å²) in [6.45, 7) is 0. The number of allylic oxidation sites excluding steroid dienone is 1. The molecule has 144 valence electrons. The van der Waals surface area contributed by atoms with Gasteiger partial charge in [0.05, 0.1) is 0 Å². The average molecular weight is 398 g/mol. The summed E-state index contributed by atoms with van der Waals surface area (Å²) in [6, 6.07) is 0. The van der Waals surface area contributed by atoms with Crippen molar-refractivity contribution in [1.29, 1.82) is 0 Å². The van der Waals surface area contributed by atoms with Gasteiger partial charge >= 0.3 is 30.4 Å². The van der Waals surface area contributed by atoms with Crippen molar-refractivity contribution in [3.63, 3.8) is 0 Å². The molecule has 0 aromatic heterocycles. The topological polar surface area (TPSA) is 58.2 Å². The van der Waals surface area contributed by atoms with Crippen LogP contribution in [0.5, 0.6) is 0 Å². The minimum Gasteiger partial charge on any atom is -0.314 e. The molecule has 2 amide bonds. The molecule has 0 atom stereocenters. The summed E-state index contributed by atoms with van der Waals surface area (Å²) in [5, 5.41) is -0.128. The molecule has 0 unspecified atom stereocenters. The van der Waals surface area contributed by atoms with Crippen molar-refractivity contribution in [2.45, 2.75) is 30.4 Å². The van der Waals surface area contributed by atoms with Crippen molar-refractivity contribution in [1.82, 2.24) is 10.6 Å². The lowest BCUT2D eigenvalue weighted by Gasteiger charge is -2.41. The summed E-state index contributed by atoms with van der Waals surface area (Å²) in [6.07, 6.45) is -26.0. The van der Waals surface area contributed by atoms with Crippen LogP contribution >= 0.6 is 0 Å². The number of amides is 2. The molecule has 1 aliphatic rings. The van der Waals surface area contributed by atoms with Gasteiger partial charge in [-0.1, -0.05) is 0 Å². The fourth-order valence-corrected chi connectivity index (χ4v) is 1.72. The Bertz CT molecular complexity index is 568. The molecule has 1 saturated heterocycles. The van der Waals surface area contributed by atoms with Gasteiger partial charge in [0, 0.05) is 0 Å². The standard InChI is InChI=1S/C9H2F12N2O2/c10-5(11,12)2(6(13,14)15)1-3(24)22-7(8(16,17)18,9(19,20)21)23-4(1)25/h(H,22,24)(H,23,25). The van der Waals surface area contributed by atoms with Crippen LogP contribution in [0.1, 0.15) is 0 Å². The molecular weight excluding hydrogens is 396 g/mol. The Morgan fingerprint density at radius 3 is 1.12 bits per heavy atom. The average Bonchev–Trinajstić information content (AvgIpc) is 2.26. The Labute approximate surface area is 127 Å². The molecule has 25 heavy (non-hydrogen) atoms. The Morgan fingerprint density at radius 2 is 0.920 bits per heavy atom. The molecule has 1 heterocycles. The van der Waals surface area contributed by atoms with Crippen LogP contribution in [0.2, 0.25) is 0 Å². The van der Waals surface area contributed by atoms with E-state index in [2.05, 4.69) is 0 Å². The van der Waals surface area contributed by atoms with Crippen molar-refractivity contribution >= 4 is 11.8 Å². The second kappa shape index (κ2) is 5.42. The van der Waals surface area contributed by atoms with Gasteiger partial charge < -0.3 is 10.6 Å². The molecule has 0 aromatic carbocycles. The minimum atomic E-state index is -6.53. The van der Waals surface area contributed by atoms with Crippen LogP contribution in [-0.4, -0.2) is 42.2 Å². The van der Waals surface area contributed by atoms with Gasteiger partial charge in [0.25, 0.3) is 11.8 Å². The van der Waals surface area contributed by atoms with Crippen LogP contribution in [-0.2, 0) is 9.59 Å². The normalized spacial score (nSPS) is 19.4. The Kier molecular flexibility index (Phi) is 4.53. The van der Waals surface area contributed by atoms with Gasteiger partial charge in [-0.3, -0.25) is 9.59 Å². The van der Waals surface area contributed by atoms with E-state index in [1.807, 2.05) is 0 Å². The lowest BCUT2D eigenvalue weighted by Crippen LogP contribution is -2.79. The van der Waals surface area contributed by atoms with Crippen molar-refractivity contribution < 1.29 is 62.3 Å². The molecule has 1 fully saturated rings. The number of carbonyl (C=O) groups is 2. The van der Waals surface area contributed by atoms with Crippen LogP contribution in [0.4, 0.5) is 52.7 Å². The largest absolute Gasteiger partial charge is 0.439 e. The number of nitrogens with one attached hydrogen (secondary N) is 2. The van der Waals surface area contributed by atoms with E-state index >= 15 is 0 Å². The first kappa shape index (κ1) is 20.9. The highest BCUT2D eigenvalue weighted by Gasteiger charge is 2.75. The SMILES string of the molecule is O=C1NC(C(F)(F)F)(C(F)(F)F)NC(=O)C1=C(C(F)(F)F)C(F)(F)F. The smallest absolute Gasteiger partial charge is 0.314 e.